The van der Waals surface area contributed by atoms with Crippen LogP contribution in [0.2, 0.25) is 0 Å². The minimum absolute atomic E-state index is 0. The highest BCUT2D eigenvalue weighted by Gasteiger charge is 2.45. The van der Waals surface area contributed by atoms with Crippen molar-refractivity contribution in [1.29, 1.82) is 0 Å². The molecule has 0 heterocycles. The van der Waals surface area contributed by atoms with Gasteiger partial charge in [0.1, 0.15) is 0 Å². The average Bonchev–Trinajstić information content (AvgIpc) is 3.42. The van der Waals surface area contributed by atoms with Crippen molar-refractivity contribution in [2.24, 2.45) is 11.7 Å². The van der Waals surface area contributed by atoms with Crippen molar-refractivity contribution in [3.8, 4) is 0 Å². The second-order valence-corrected chi connectivity index (χ2v) is 6.47. The average molecular weight is 381 g/mol. The zero-order valence-electron chi connectivity index (χ0n) is 14.4. The van der Waals surface area contributed by atoms with Crippen LogP contribution in [-0.2, 0) is 11.2 Å². The number of nitrogens with zero attached hydrogens (tertiary/aromatic N) is 1. The van der Waals surface area contributed by atoms with Crippen LogP contribution < -0.4 is 5.73 Å². The first-order chi connectivity index (χ1) is 12.1. The number of carbonyl (C=O) groups excluding carboxylic acids is 1. The van der Waals surface area contributed by atoms with Gasteiger partial charge in [0, 0.05) is 25.6 Å². The highest BCUT2D eigenvalue weighted by molar-refractivity contribution is 5.85. The van der Waals surface area contributed by atoms with E-state index in [-0.39, 0.29) is 30.2 Å². The predicted molar refractivity (Wildman–Crippen MR) is 100 cm³/mol. The molecule has 26 heavy (non-hydrogen) atoms. The minimum Gasteiger partial charge on any atom is -0.341 e. The molecule has 0 aromatic heterocycles. The summed E-state index contributed by atoms with van der Waals surface area (Å²) >= 11 is 0. The molecule has 0 saturated heterocycles. The SMILES string of the molecule is Cl.NCCN(CCc1ccccc1)C(=O)C1CC1c1ccc(F)c(F)c1. The van der Waals surface area contributed by atoms with E-state index in [2.05, 4.69) is 0 Å². The van der Waals surface area contributed by atoms with Gasteiger partial charge in [-0.05, 0) is 42.0 Å². The van der Waals surface area contributed by atoms with Crippen molar-refractivity contribution in [3.63, 3.8) is 0 Å². The molecular formula is C20H23ClF2N2O. The van der Waals surface area contributed by atoms with Gasteiger partial charge in [-0.1, -0.05) is 36.4 Å². The molecule has 2 N–H and O–H groups in total. The highest BCUT2D eigenvalue weighted by Crippen LogP contribution is 2.48. The monoisotopic (exact) mass is 380 g/mol. The fourth-order valence-corrected chi connectivity index (χ4v) is 3.21. The first kappa shape index (κ1) is 20.3. The van der Waals surface area contributed by atoms with Gasteiger partial charge in [-0.15, -0.1) is 12.4 Å². The fraction of sp³-hybridized carbons (Fsp3) is 0.350. The van der Waals surface area contributed by atoms with Gasteiger partial charge < -0.3 is 10.6 Å². The van der Waals surface area contributed by atoms with Crippen molar-refractivity contribution in [2.45, 2.75) is 18.8 Å². The largest absolute Gasteiger partial charge is 0.341 e. The summed E-state index contributed by atoms with van der Waals surface area (Å²) in [6.45, 7) is 1.52. The Labute approximate surface area is 158 Å². The molecule has 2 aromatic carbocycles. The van der Waals surface area contributed by atoms with E-state index in [1.165, 1.54) is 11.6 Å². The molecule has 0 spiro atoms. The first-order valence-electron chi connectivity index (χ1n) is 8.58. The lowest BCUT2D eigenvalue weighted by atomic mass is 10.1. The van der Waals surface area contributed by atoms with Gasteiger partial charge in [-0.25, -0.2) is 8.78 Å². The number of carbonyl (C=O) groups is 1. The van der Waals surface area contributed by atoms with Gasteiger partial charge in [0.05, 0.1) is 0 Å². The number of rotatable bonds is 7. The van der Waals surface area contributed by atoms with Crippen LogP contribution in [-0.4, -0.2) is 30.4 Å². The molecule has 1 aliphatic rings. The van der Waals surface area contributed by atoms with Crippen LogP contribution >= 0.6 is 12.4 Å². The number of benzene rings is 2. The Morgan fingerprint density at radius 3 is 2.46 bits per heavy atom. The summed E-state index contributed by atoms with van der Waals surface area (Å²) in [5.74, 6) is -1.86. The van der Waals surface area contributed by atoms with E-state index in [9.17, 15) is 13.6 Å². The van der Waals surface area contributed by atoms with Crippen molar-refractivity contribution < 1.29 is 13.6 Å². The quantitative estimate of drug-likeness (QED) is 0.798. The van der Waals surface area contributed by atoms with Crippen LogP contribution in [0.15, 0.2) is 48.5 Å². The van der Waals surface area contributed by atoms with Gasteiger partial charge in [-0.3, -0.25) is 4.79 Å². The molecule has 1 aliphatic carbocycles. The van der Waals surface area contributed by atoms with E-state index in [4.69, 9.17) is 5.73 Å². The summed E-state index contributed by atoms with van der Waals surface area (Å²) < 4.78 is 26.5. The highest BCUT2D eigenvalue weighted by atomic mass is 35.5. The third-order valence-corrected chi connectivity index (χ3v) is 4.70. The van der Waals surface area contributed by atoms with Gasteiger partial charge in [-0.2, -0.15) is 0 Å². The Balaban J connectivity index is 0.00000243. The molecule has 1 fully saturated rings. The molecule has 1 saturated carbocycles. The van der Waals surface area contributed by atoms with Crippen LogP contribution in [0.1, 0.15) is 23.5 Å². The zero-order chi connectivity index (χ0) is 17.8. The van der Waals surface area contributed by atoms with E-state index in [0.29, 0.717) is 31.6 Å². The van der Waals surface area contributed by atoms with Gasteiger partial charge in [0.2, 0.25) is 5.91 Å². The summed E-state index contributed by atoms with van der Waals surface area (Å²) in [7, 11) is 0. The number of halogens is 3. The standard InChI is InChI=1S/C20H22F2N2O.ClH/c21-18-7-6-15(12-19(18)22)16-13-17(16)20(25)24(11-9-23)10-8-14-4-2-1-3-5-14;/h1-7,12,16-17H,8-11,13,23H2;1H. The van der Waals surface area contributed by atoms with Crippen molar-refractivity contribution in [2.75, 3.05) is 19.6 Å². The molecule has 6 heteroatoms. The lowest BCUT2D eigenvalue weighted by Crippen LogP contribution is -2.38. The summed E-state index contributed by atoms with van der Waals surface area (Å²) in [6.07, 6.45) is 1.45. The summed E-state index contributed by atoms with van der Waals surface area (Å²) in [6, 6.07) is 13.9. The maximum absolute atomic E-state index is 13.4. The van der Waals surface area contributed by atoms with E-state index >= 15 is 0 Å². The molecule has 1 amide bonds. The topological polar surface area (TPSA) is 46.3 Å². The lowest BCUT2D eigenvalue weighted by molar-refractivity contribution is -0.132. The molecule has 2 atom stereocenters. The molecule has 2 unspecified atom stereocenters. The molecule has 3 rings (SSSR count). The van der Waals surface area contributed by atoms with Crippen molar-refractivity contribution in [3.05, 3.63) is 71.3 Å². The second-order valence-electron chi connectivity index (χ2n) is 6.47. The zero-order valence-corrected chi connectivity index (χ0v) is 15.2. The fourth-order valence-electron chi connectivity index (χ4n) is 3.21. The minimum atomic E-state index is -0.863. The smallest absolute Gasteiger partial charge is 0.226 e. The normalized spacial score (nSPS) is 18.1. The Morgan fingerprint density at radius 2 is 1.81 bits per heavy atom. The van der Waals surface area contributed by atoms with Gasteiger partial charge >= 0.3 is 0 Å². The van der Waals surface area contributed by atoms with Crippen LogP contribution in [0.5, 0.6) is 0 Å². The maximum Gasteiger partial charge on any atom is 0.226 e. The van der Waals surface area contributed by atoms with E-state index in [0.717, 1.165) is 12.5 Å². The number of amides is 1. The molecule has 0 radical (unpaired) electrons. The number of hydrogen-bond donors (Lipinski definition) is 1. The lowest BCUT2D eigenvalue weighted by Gasteiger charge is -2.22. The summed E-state index contributed by atoms with van der Waals surface area (Å²) in [5, 5.41) is 0. The third kappa shape index (κ3) is 4.80. The first-order valence-corrected chi connectivity index (χ1v) is 8.58. The van der Waals surface area contributed by atoms with E-state index in [1.807, 2.05) is 30.3 Å². The second kappa shape index (κ2) is 9.10. The van der Waals surface area contributed by atoms with Crippen LogP contribution in [0.4, 0.5) is 8.78 Å². The molecule has 3 nitrogen and oxygen atoms in total. The third-order valence-electron chi connectivity index (χ3n) is 4.70. The Kier molecular flexibility index (Phi) is 7.12. The van der Waals surface area contributed by atoms with Crippen LogP contribution in [0, 0.1) is 17.6 Å². The Hall–Kier alpha value is -1.98. The Bertz CT molecular complexity index is 742. The molecule has 2 aromatic rings. The predicted octanol–water partition coefficient (Wildman–Crippen LogP) is 3.52. The molecule has 0 bridgehead atoms. The van der Waals surface area contributed by atoms with Crippen molar-refractivity contribution >= 4 is 18.3 Å². The summed E-state index contributed by atoms with van der Waals surface area (Å²) in [5.41, 5.74) is 7.51. The molecule has 0 aliphatic heterocycles. The number of hydrogen-bond acceptors (Lipinski definition) is 2. The van der Waals surface area contributed by atoms with Crippen LogP contribution in [0.3, 0.4) is 0 Å². The number of nitrogens with two attached hydrogens (primary N) is 1. The van der Waals surface area contributed by atoms with Crippen LogP contribution in [0.25, 0.3) is 0 Å². The van der Waals surface area contributed by atoms with E-state index in [1.54, 1.807) is 11.0 Å². The summed E-state index contributed by atoms with van der Waals surface area (Å²) in [4.78, 5) is 14.5. The van der Waals surface area contributed by atoms with Gasteiger partial charge in [0.15, 0.2) is 11.6 Å². The molecular weight excluding hydrogens is 358 g/mol. The van der Waals surface area contributed by atoms with Gasteiger partial charge in [0.25, 0.3) is 0 Å². The molecule has 140 valence electrons. The maximum atomic E-state index is 13.4. The Morgan fingerprint density at radius 1 is 1.08 bits per heavy atom. The van der Waals surface area contributed by atoms with E-state index < -0.39 is 11.6 Å². The van der Waals surface area contributed by atoms with Crippen molar-refractivity contribution in [1.82, 2.24) is 4.90 Å².